The zero-order valence-electron chi connectivity index (χ0n) is 13.2. The van der Waals surface area contributed by atoms with Crippen LogP contribution in [0, 0.1) is 0 Å². The lowest BCUT2D eigenvalue weighted by molar-refractivity contribution is -0.137. The van der Waals surface area contributed by atoms with Gasteiger partial charge in [-0.25, -0.2) is 0 Å². The molecule has 0 bridgehead atoms. The highest BCUT2D eigenvalue weighted by Crippen LogP contribution is 2.31. The van der Waals surface area contributed by atoms with Crippen LogP contribution >= 0.6 is 0 Å². The van der Waals surface area contributed by atoms with E-state index >= 15 is 0 Å². The molecule has 1 N–H and O–H groups in total. The normalized spacial score (nSPS) is 11.4. The highest BCUT2D eigenvalue weighted by Gasteiger charge is 2.30. The van der Waals surface area contributed by atoms with E-state index in [0.717, 1.165) is 22.9 Å². The summed E-state index contributed by atoms with van der Waals surface area (Å²) in [6.07, 6.45) is -4.50. The molecule has 25 heavy (non-hydrogen) atoms. The minimum Gasteiger partial charge on any atom is -0.496 e. The molecular formula is C19H14F3NO2. The van der Waals surface area contributed by atoms with Gasteiger partial charge in [-0.05, 0) is 29.7 Å². The second-order valence-corrected chi connectivity index (χ2v) is 5.43. The van der Waals surface area contributed by atoms with Crippen molar-refractivity contribution in [3.63, 3.8) is 0 Å². The number of fused-ring (bicyclic) bond motifs is 1. The third-order valence-corrected chi connectivity index (χ3v) is 3.75. The zero-order valence-corrected chi connectivity index (χ0v) is 13.2. The lowest BCUT2D eigenvalue weighted by Crippen LogP contribution is -2.14. The second-order valence-electron chi connectivity index (χ2n) is 5.43. The number of amides is 1. The van der Waals surface area contributed by atoms with Crippen molar-refractivity contribution in [3.05, 3.63) is 71.8 Å². The van der Waals surface area contributed by atoms with Crippen LogP contribution < -0.4 is 10.1 Å². The van der Waals surface area contributed by atoms with Crippen molar-refractivity contribution in [2.24, 2.45) is 0 Å². The highest BCUT2D eigenvalue weighted by atomic mass is 19.4. The molecule has 0 radical (unpaired) electrons. The van der Waals surface area contributed by atoms with Gasteiger partial charge in [0.1, 0.15) is 5.75 Å². The Morgan fingerprint density at radius 1 is 1.00 bits per heavy atom. The van der Waals surface area contributed by atoms with Gasteiger partial charge in [-0.1, -0.05) is 30.3 Å². The van der Waals surface area contributed by atoms with Crippen LogP contribution in [0.2, 0.25) is 0 Å². The third-order valence-electron chi connectivity index (χ3n) is 3.75. The van der Waals surface area contributed by atoms with E-state index in [1.54, 1.807) is 12.1 Å². The molecule has 0 aliphatic carbocycles. The predicted octanol–water partition coefficient (Wildman–Crippen LogP) is 5.12. The van der Waals surface area contributed by atoms with Gasteiger partial charge >= 0.3 is 6.18 Å². The summed E-state index contributed by atoms with van der Waals surface area (Å²) in [5.41, 5.74) is -0.490. The van der Waals surface area contributed by atoms with Crippen LogP contribution in [0.15, 0.2) is 60.7 Å². The molecule has 0 unspecified atom stereocenters. The van der Waals surface area contributed by atoms with Crippen LogP contribution in [0.4, 0.5) is 18.9 Å². The van der Waals surface area contributed by atoms with Gasteiger partial charge in [0.15, 0.2) is 0 Å². The fourth-order valence-electron chi connectivity index (χ4n) is 2.56. The number of nitrogens with one attached hydrogen (secondary N) is 1. The summed E-state index contributed by atoms with van der Waals surface area (Å²) in [5.74, 6) is -0.0547. The molecule has 1 amide bonds. The van der Waals surface area contributed by atoms with Crippen molar-refractivity contribution < 1.29 is 22.7 Å². The second kappa shape index (κ2) is 6.47. The molecule has 0 aliphatic heterocycles. The number of methoxy groups -OCH3 is 1. The first-order valence-corrected chi connectivity index (χ1v) is 7.44. The average molecular weight is 345 g/mol. The topological polar surface area (TPSA) is 38.3 Å². The Kier molecular flexibility index (Phi) is 4.35. The zero-order chi connectivity index (χ0) is 18.0. The monoisotopic (exact) mass is 345 g/mol. The van der Waals surface area contributed by atoms with Gasteiger partial charge in [-0.15, -0.1) is 0 Å². The highest BCUT2D eigenvalue weighted by molar-refractivity contribution is 6.06. The Balaban J connectivity index is 1.92. The van der Waals surface area contributed by atoms with Gasteiger partial charge in [-0.3, -0.25) is 4.79 Å². The van der Waals surface area contributed by atoms with Crippen molar-refractivity contribution in [2.75, 3.05) is 12.4 Å². The Labute approximate surface area is 142 Å². The van der Waals surface area contributed by atoms with Crippen LogP contribution in [0.25, 0.3) is 10.8 Å². The Morgan fingerprint density at radius 2 is 1.76 bits per heavy atom. The van der Waals surface area contributed by atoms with E-state index in [0.29, 0.717) is 11.4 Å². The lowest BCUT2D eigenvalue weighted by atomic mass is 10.1. The van der Waals surface area contributed by atoms with Gasteiger partial charge in [0.05, 0.1) is 12.7 Å². The van der Waals surface area contributed by atoms with E-state index in [9.17, 15) is 18.0 Å². The lowest BCUT2D eigenvalue weighted by Gasteiger charge is -2.12. The number of rotatable bonds is 3. The van der Waals surface area contributed by atoms with E-state index in [1.165, 1.54) is 19.2 Å². The van der Waals surface area contributed by atoms with Crippen LogP contribution in [0.3, 0.4) is 0 Å². The van der Waals surface area contributed by atoms with Crippen LogP contribution in [-0.2, 0) is 6.18 Å². The van der Waals surface area contributed by atoms with Gasteiger partial charge in [-0.2, -0.15) is 13.2 Å². The van der Waals surface area contributed by atoms with Crippen LogP contribution in [0.1, 0.15) is 15.9 Å². The molecule has 0 spiro atoms. The quantitative estimate of drug-likeness (QED) is 0.715. The summed E-state index contributed by atoms with van der Waals surface area (Å²) in [5, 5.41) is 4.34. The predicted molar refractivity (Wildman–Crippen MR) is 89.9 cm³/mol. The number of ether oxygens (including phenoxy) is 1. The summed E-state index contributed by atoms with van der Waals surface area (Å²) >= 11 is 0. The van der Waals surface area contributed by atoms with E-state index in [-0.39, 0.29) is 5.56 Å². The molecule has 128 valence electrons. The average Bonchev–Trinajstić information content (AvgIpc) is 2.60. The standard InChI is InChI=1S/C19H14F3NO2/c1-25-17-11-15(10-12-5-2-3-8-16(12)17)23-18(24)13-6-4-7-14(9-13)19(20,21)22/h2-11H,1H3,(H,23,24). The number of anilines is 1. The Hall–Kier alpha value is -3.02. The molecule has 0 aliphatic rings. The molecular weight excluding hydrogens is 331 g/mol. The number of alkyl halides is 3. The fourth-order valence-corrected chi connectivity index (χ4v) is 2.56. The van der Waals surface area contributed by atoms with E-state index in [2.05, 4.69) is 5.32 Å². The first-order valence-electron chi connectivity index (χ1n) is 7.44. The van der Waals surface area contributed by atoms with Gasteiger partial charge < -0.3 is 10.1 Å². The van der Waals surface area contributed by atoms with Crippen LogP contribution in [0.5, 0.6) is 5.75 Å². The minimum absolute atomic E-state index is 0.0676. The van der Waals surface area contributed by atoms with Crippen molar-refractivity contribution in [3.8, 4) is 5.75 Å². The van der Waals surface area contributed by atoms with Gasteiger partial charge in [0.2, 0.25) is 0 Å². The minimum atomic E-state index is -4.50. The number of hydrogen-bond donors (Lipinski definition) is 1. The molecule has 0 fully saturated rings. The summed E-state index contributed by atoms with van der Waals surface area (Å²) in [7, 11) is 1.51. The van der Waals surface area contributed by atoms with Crippen molar-refractivity contribution >= 4 is 22.4 Å². The molecule has 0 aromatic heterocycles. The maximum absolute atomic E-state index is 12.8. The fraction of sp³-hybridized carbons (Fsp3) is 0.105. The maximum Gasteiger partial charge on any atom is 0.416 e. The van der Waals surface area contributed by atoms with Crippen molar-refractivity contribution in [1.29, 1.82) is 0 Å². The first-order chi connectivity index (χ1) is 11.9. The molecule has 0 atom stereocenters. The van der Waals surface area contributed by atoms with Crippen LogP contribution in [-0.4, -0.2) is 13.0 Å². The Morgan fingerprint density at radius 3 is 2.48 bits per heavy atom. The first kappa shape index (κ1) is 16.8. The van der Waals surface area contributed by atoms with Crippen molar-refractivity contribution in [2.45, 2.75) is 6.18 Å². The SMILES string of the molecule is COc1cc(NC(=O)c2cccc(C(F)(F)F)c2)cc2ccccc12. The number of benzene rings is 3. The van der Waals surface area contributed by atoms with Crippen molar-refractivity contribution in [1.82, 2.24) is 0 Å². The molecule has 3 aromatic carbocycles. The molecule has 3 rings (SSSR count). The largest absolute Gasteiger partial charge is 0.496 e. The molecule has 3 nitrogen and oxygen atoms in total. The summed E-state index contributed by atoms with van der Waals surface area (Å²) in [6, 6.07) is 15.1. The number of carbonyl (C=O) groups excluding carboxylic acids is 1. The number of hydrogen-bond acceptors (Lipinski definition) is 2. The molecule has 3 aromatic rings. The summed E-state index contributed by atoms with van der Waals surface area (Å²) in [4.78, 5) is 12.3. The summed E-state index contributed by atoms with van der Waals surface area (Å²) in [6.45, 7) is 0. The van der Waals surface area contributed by atoms with Gasteiger partial charge in [0, 0.05) is 22.7 Å². The summed E-state index contributed by atoms with van der Waals surface area (Å²) < 4.78 is 43.7. The molecule has 0 heterocycles. The van der Waals surface area contributed by atoms with E-state index in [1.807, 2.05) is 24.3 Å². The Bertz CT molecular complexity index is 935. The molecule has 6 heteroatoms. The number of halogens is 3. The van der Waals surface area contributed by atoms with E-state index < -0.39 is 17.6 Å². The van der Waals surface area contributed by atoms with Gasteiger partial charge in [0.25, 0.3) is 5.91 Å². The van der Waals surface area contributed by atoms with E-state index in [4.69, 9.17) is 4.74 Å². The third kappa shape index (κ3) is 3.57. The molecule has 0 saturated heterocycles. The molecule has 0 saturated carbocycles. The number of carbonyl (C=O) groups is 1. The smallest absolute Gasteiger partial charge is 0.416 e. The maximum atomic E-state index is 12.8.